The second-order valence-corrected chi connectivity index (χ2v) is 5.45. The van der Waals surface area contributed by atoms with Gasteiger partial charge in [0.05, 0.1) is 10.6 Å². The summed E-state index contributed by atoms with van der Waals surface area (Å²) in [5.74, 6) is -0.448. The van der Waals surface area contributed by atoms with Crippen molar-refractivity contribution in [2.45, 2.75) is 0 Å². The Morgan fingerprint density at radius 3 is 2.37 bits per heavy atom. The second-order valence-electron chi connectivity index (χ2n) is 3.41. The largest absolute Gasteiger partial charge is 0.317 e. The Morgan fingerprint density at radius 2 is 1.79 bits per heavy atom. The smallest absolute Gasteiger partial charge is 0.257 e. The first-order valence-corrected chi connectivity index (χ1v) is 6.84. The van der Waals surface area contributed by atoms with Crippen LogP contribution in [0.5, 0.6) is 0 Å². The van der Waals surface area contributed by atoms with E-state index in [2.05, 4.69) is 31.2 Å². The van der Waals surface area contributed by atoms with Gasteiger partial charge in [0.2, 0.25) is 0 Å². The Bertz CT molecular complexity index is 631. The van der Waals surface area contributed by atoms with Crippen molar-refractivity contribution >= 4 is 62.3 Å². The van der Waals surface area contributed by atoms with Crippen LogP contribution in [0.3, 0.4) is 0 Å². The lowest BCUT2D eigenvalue weighted by Crippen LogP contribution is -2.13. The van der Waals surface area contributed by atoms with E-state index in [0.717, 1.165) is 4.47 Å². The van der Waals surface area contributed by atoms with E-state index in [1.165, 1.54) is 6.33 Å². The summed E-state index contributed by atoms with van der Waals surface area (Å²) in [4.78, 5) is 19.5. The van der Waals surface area contributed by atoms with Gasteiger partial charge < -0.3 is 5.32 Å². The molecule has 1 heterocycles. The molecule has 98 valence electrons. The number of amides is 1. The third-order valence-corrected chi connectivity index (χ3v) is 3.55. The van der Waals surface area contributed by atoms with Crippen LogP contribution in [-0.2, 0) is 0 Å². The van der Waals surface area contributed by atoms with E-state index in [-0.39, 0.29) is 16.0 Å². The van der Waals surface area contributed by atoms with Crippen LogP contribution >= 0.6 is 50.7 Å². The molecule has 19 heavy (non-hydrogen) atoms. The molecule has 2 rings (SSSR count). The zero-order valence-electron chi connectivity index (χ0n) is 9.12. The number of nitrogens with zero attached hydrogens (tertiary/aromatic N) is 2. The molecule has 0 atom stereocenters. The average molecular weight is 381 g/mol. The Hall–Kier alpha value is -0.880. The van der Waals surface area contributed by atoms with E-state index < -0.39 is 5.91 Å². The van der Waals surface area contributed by atoms with Crippen molar-refractivity contribution < 1.29 is 4.79 Å². The topological polar surface area (TPSA) is 54.9 Å². The molecule has 4 nitrogen and oxygen atoms in total. The molecule has 2 aromatic rings. The number of rotatable bonds is 2. The van der Waals surface area contributed by atoms with E-state index in [9.17, 15) is 4.79 Å². The van der Waals surface area contributed by atoms with Crippen LogP contribution in [0.1, 0.15) is 10.4 Å². The molecule has 1 N–H and O–H groups in total. The number of carbonyl (C=O) groups is 1. The van der Waals surface area contributed by atoms with E-state index in [1.54, 1.807) is 18.2 Å². The van der Waals surface area contributed by atoms with Gasteiger partial charge in [-0.05, 0) is 18.2 Å². The van der Waals surface area contributed by atoms with Crippen molar-refractivity contribution in [2.75, 3.05) is 5.32 Å². The van der Waals surface area contributed by atoms with Crippen LogP contribution in [0.25, 0.3) is 0 Å². The molecule has 0 saturated carbocycles. The highest BCUT2D eigenvalue weighted by atomic mass is 79.9. The molecule has 0 radical (unpaired) electrons. The normalized spacial score (nSPS) is 10.3. The molecule has 0 fully saturated rings. The second kappa shape index (κ2) is 6.05. The fourth-order valence-electron chi connectivity index (χ4n) is 1.30. The maximum absolute atomic E-state index is 12.1. The Labute approximate surface area is 132 Å². The maximum atomic E-state index is 12.1. The number of benzene rings is 1. The van der Waals surface area contributed by atoms with Gasteiger partial charge in [0.15, 0.2) is 10.3 Å². The molecule has 0 aliphatic carbocycles. The van der Waals surface area contributed by atoms with Crippen molar-refractivity contribution in [1.29, 1.82) is 0 Å². The van der Waals surface area contributed by atoms with E-state index >= 15 is 0 Å². The molecule has 8 heteroatoms. The Morgan fingerprint density at radius 1 is 1.16 bits per heavy atom. The monoisotopic (exact) mass is 379 g/mol. The first kappa shape index (κ1) is 14.5. The predicted molar refractivity (Wildman–Crippen MR) is 79.2 cm³/mol. The van der Waals surface area contributed by atoms with Crippen LogP contribution in [0.4, 0.5) is 5.69 Å². The first-order valence-electron chi connectivity index (χ1n) is 4.91. The molecule has 0 saturated heterocycles. The van der Waals surface area contributed by atoms with Crippen LogP contribution in [0.2, 0.25) is 15.3 Å². The van der Waals surface area contributed by atoms with Gasteiger partial charge in [-0.1, -0.05) is 50.7 Å². The van der Waals surface area contributed by atoms with Crippen molar-refractivity contribution in [1.82, 2.24) is 9.97 Å². The van der Waals surface area contributed by atoms with Crippen LogP contribution in [0.15, 0.2) is 29.0 Å². The molecule has 0 bridgehead atoms. The van der Waals surface area contributed by atoms with Gasteiger partial charge >= 0.3 is 0 Å². The summed E-state index contributed by atoms with van der Waals surface area (Å²) in [6, 6.07) is 4.89. The lowest BCUT2D eigenvalue weighted by atomic mass is 10.2. The minimum absolute atomic E-state index is 0.0570. The van der Waals surface area contributed by atoms with Crippen LogP contribution in [0, 0.1) is 0 Å². The van der Waals surface area contributed by atoms with Gasteiger partial charge in [-0.3, -0.25) is 4.79 Å². The zero-order valence-corrected chi connectivity index (χ0v) is 13.0. The molecule has 0 spiro atoms. The number of halogens is 4. The summed E-state index contributed by atoms with van der Waals surface area (Å²) >= 11 is 20.9. The van der Waals surface area contributed by atoms with Crippen molar-refractivity contribution in [2.24, 2.45) is 0 Å². The fourth-order valence-corrected chi connectivity index (χ4v) is 2.47. The highest BCUT2D eigenvalue weighted by molar-refractivity contribution is 9.10. The first-order chi connectivity index (χ1) is 8.99. The summed E-state index contributed by atoms with van der Waals surface area (Å²) in [5, 5.41) is 2.94. The lowest BCUT2D eigenvalue weighted by Gasteiger charge is -2.08. The summed E-state index contributed by atoms with van der Waals surface area (Å²) in [6.07, 6.45) is 1.20. The predicted octanol–water partition coefficient (Wildman–Crippen LogP) is 4.45. The van der Waals surface area contributed by atoms with Gasteiger partial charge in [0, 0.05) is 4.47 Å². The average Bonchev–Trinajstić information content (AvgIpc) is 2.33. The molecule has 1 amide bonds. The molecule has 0 aliphatic heterocycles. The third-order valence-electron chi connectivity index (χ3n) is 2.17. The van der Waals surface area contributed by atoms with Crippen LogP contribution in [-0.4, -0.2) is 15.9 Å². The third kappa shape index (κ3) is 3.36. The molecule has 0 aliphatic rings. The highest BCUT2D eigenvalue weighted by Gasteiger charge is 2.15. The number of hydrogen-bond donors (Lipinski definition) is 1. The fraction of sp³-hybridized carbons (Fsp3) is 0. The molecule has 1 aromatic carbocycles. The van der Waals surface area contributed by atoms with E-state index in [0.29, 0.717) is 10.6 Å². The van der Waals surface area contributed by atoms with E-state index in [4.69, 9.17) is 34.8 Å². The maximum Gasteiger partial charge on any atom is 0.257 e. The molecule has 1 aromatic heterocycles. The van der Waals surface area contributed by atoms with Gasteiger partial charge in [0.25, 0.3) is 5.91 Å². The summed E-state index contributed by atoms with van der Waals surface area (Å²) in [5.41, 5.74) is 0.440. The molecular weight excluding hydrogens is 376 g/mol. The minimum Gasteiger partial charge on any atom is -0.317 e. The lowest BCUT2D eigenvalue weighted by molar-refractivity contribution is 0.102. The van der Waals surface area contributed by atoms with Crippen molar-refractivity contribution in [3.8, 4) is 0 Å². The van der Waals surface area contributed by atoms with Gasteiger partial charge in [0.1, 0.15) is 12.0 Å². The van der Waals surface area contributed by atoms with Crippen molar-refractivity contribution in [3.05, 3.63) is 49.9 Å². The Kier molecular flexibility index (Phi) is 4.62. The minimum atomic E-state index is -0.448. The highest BCUT2D eigenvalue weighted by Crippen LogP contribution is 2.28. The number of hydrogen-bond acceptors (Lipinski definition) is 3. The van der Waals surface area contributed by atoms with E-state index in [1.807, 2.05) is 0 Å². The number of anilines is 1. The van der Waals surface area contributed by atoms with Crippen molar-refractivity contribution in [3.63, 3.8) is 0 Å². The standard InChI is InChI=1S/C11H5BrCl3N3O/c12-5-1-2-6(7(13)3-5)11(19)18-8-9(14)16-4-17-10(8)15/h1-4H,(H,18,19). The Balaban J connectivity index is 2.31. The number of carbonyl (C=O) groups excluding carboxylic acids is 1. The summed E-state index contributed by atoms with van der Waals surface area (Å²) < 4.78 is 0.771. The van der Waals surface area contributed by atoms with Gasteiger partial charge in [-0.2, -0.15) is 0 Å². The summed E-state index contributed by atoms with van der Waals surface area (Å²) in [6.45, 7) is 0. The van der Waals surface area contributed by atoms with Gasteiger partial charge in [-0.25, -0.2) is 9.97 Å². The van der Waals surface area contributed by atoms with Gasteiger partial charge in [-0.15, -0.1) is 0 Å². The number of nitrogens with one attached hydrogen (secondary N) is 1. The number of aromatic nitrogens is 2. The zero-order chi connectivity index (χ0) is 14.0. The summed E-state index contributed by atoms with van der Waals surface area (Å²) in [7, 11) is 0. The van der Waals surface area contributed by atoms with Crippen LogP contribution < -0.4 is 5.32 Å². The molecule has 0 unspecified atom stereocenters. The molecular formula is C11H5BrCl3N3O. The quantitative estimate of drug-likeness (QED) is 0.782. The SMILES string of the molecule is O=C(Nc1c(Cl)ncnc1Cl)c1ccc(Br)cc1Cl.